The van der Waals surface area contributed by atoms with Crippen molar-refractivity contribution in [1.29, 1.82) is 0 Å². The van der Waals surface area contributed by atoms with E-state index in [4.69, 9.17) is 0 Å². The van der Waals surface area contributed by atoms with Crippen LogP contribution in [0.1, 0.15) is 24.2 Å². The summed E-state index contributed by atoms with van der Waals surface area (Å²) in [6, 6.07) is 5.55. The van der Waals surface area contributed by atoms with Gasteiger partial charge in [0.15, 0.2) is 0 Å². The van der Waals surface area contributed by atoms with Crippen molar-refractivity contribution in [1.82, 2.24) is 4.98 Å². The van der Waals surface area contributed by atoms with E-state index >= 15 is 0 Å². The molecule has 0 unspecified atom stereocenters. The van der Waals surface area contributed by atoms with Gasteiger partial charge in [0, 0.05) is 18.3 Å². The highest BCUT2D eigenvalue weighted by atomic mass is 19.1. The number of aromatic nitrogens is 1. The first-order chi connectivity index (χ1) is 9.58. The van der Waals surface area contributed by atoms with E-state index in [2.05, 4.69) is 10.3 Å². The lowest BCUT2D eigenvalue weighted by Gasteiger charge is -2.06. The van der Waals surface area contributed by atoms with Crippen molar-refractivity contribution in [3.8, 4) is 0 Å². The van der Waals surface area contributed by atoms with Gasteiger partial charge in [0.1, 0.15) is 28.8 Å². The minimum Gasteiger partial charge on any atom is -0.306 e. The highest BCUT2D eigenvalue weighted by Crippen LogP contribution is 2.16. The molecule has 2 aromatic rings. The van der Waals surface area contributed by atoms with Crippen LogP contribution in [0.4, 0.5) is 19.0 Å². The second kappa shape index (κ2) is 7.28. The van der Waals surface area contributed by atoms with Gasteiger partial charge < -0.3 is 5.32 Å². The molecule has 1 aromatic heterocycles. The van der Waals surface area contributed by atoms with Gasteiger partial charge in [0.05, 0.1) is 0 Å². The quantitative estimate of drug-likeness (QED) is 0.910. The summed E-state index contributed by atoms with van der Waals surface area (Å²) in [5, 5.41) is 2.21. The number of carbonyl (C=O) groups is 1. The Labute approximate surface area is 114 Å². The van der Waals surface area contributed by atoms with Crippen LogP contribution in [0.3, 0.4) is 0 Å². The number of hydrogen-bond acceptors (Lipinski definition) is 2. The normalized spacial score (nSPS) is 9.45. The van der Waals surface area contributed by atoms with Crippen LogP contribution in [0.5, 0.6) is 0 Å². The molecule has 2 rings (SSSR count). The molecule has 1 heterocycles. The largest absolute Gasteiger partial charge is 0.306 e. The van der Waals surface area contributed by atoms with E-state index < -0.39 is 28.9 Å². The van der Waals surface area contributed by atoms with Crippen molar-refractivity contribution in [2.75, 3.05) is 5.32 Å². The Kier molecular flexibility index (Phi) is 5.71. The zero-order chi connectivity index (χ0) is 15.1. The van der Waals surface area contributed by atoms with Gasteiger partial charge in [-0.3, -0.25) is 4.79 Å². The van der Waals surface area contributed by atoms with Crippen LogP contribution < -0.4 is 5.32 Å². The van der Waals surface area contributed by atoms with E-state index in [0.29, 0.717) is 12.1 Å². The van der Waals surface area contributed by atoms with Crippen molar-refractivity contribution in [3.05, 3.63) is 59.5 Å². The Morgan fingerprint density at radius 3 is 2.20 bits per heavy atom. The van der Waals surface area contributed by atoms with Crippen molar-refractivity contribution in [2.24, 2.45) is 0 Å². The van der Waals surface area contributed by atoms with Crippen LogP contribution in [-0.4, -0.2) is 10.9 Å². The molecule has 0 radical (unpaired) electrons. The number of anilines is 1. The van der Waals surface area contributed by atoms with Crippen molar-refractivity contribution in [3.63, 3.8) is 0 Å². The number of pyridine rings is 1. The van der Waals surface area contributed by atoms with Gasteiger partial charge in [-0.15, -0.1) is 0 Å². The molecule has 0 spiro atoms. The Morgan fingerprint density at radius 1 is 1.10 bits per heavy atom. The fraction of sp³-hybridized carbons (Fsp3) is 0.143. The molecule has 1 aromatic carbocycles. The first-order valence-electron chi connectivity index (χ1n) is 5.95. The molecule has 0 aliphatic carbocycles. The lowest BCUT2D eigenvalue weighted by molar-refractivity contribution is 0.101. The molecule has 20 heavy (non-hydrogen) atoms. The standard InChI is InChI=1S/C12H7F3N2O.C2H6/c13-7-5-8(14)11(9(15)6-7)12(18)17-10-3-1-2-4-16-10;1-2/h1-6H,(H,16,17,18);1-2H3. The second-order valence-electron chi connectivity index (χ2n) is 3.41. The Balaban J connectivity index is 0.000000956. The van der Waals surface area contributed by atoms with Crippen molar-refractivity contribution >= 4 is 11.7 Å². The monoisotopic (exact) mass is 282 g/mol. The highest BCUT2D eigenvalue weighted by Gasteiger charge is 2.19. The van der Waals surface area contributed by atoms with Crippen LogP contribution in [-0.2, 0) is 0 Å². The molecule has 0 saturated heterocycles. The van der Waals surface area contributed by atoms with Gasteiger partial charge in [-0.1, -0.05) is 19.9 Å². The number of amides is 1. The van der Waals surface area contributed by atoms with Crippen LogP contribution >= 0.6 is 0 Å². The van der Waals surface area contributed by atoms with Crippen molar-refractivity contribution in [2.45, 2.75) is 13.8 Å². The molecule has 3 nitrogen and oxygen atoms in total. The summed E-state index contributed by atoms with van der Waals surface area (Å²) >= 11 is 0. The van der Waals surface area contributed by atoms with Gasteiger partial charge in [-0.05, 0) is 12.1 Å². The summed E-state index contributed by atoms with van der Waals surface area (Å²) in [5.41, 5.74) is -0.845. The summed E-state index contributed by atoms with van der Waals surface area (Å²) in [5.74, 6) is -4.49. The third-order valence-electron chi connectivity index (χ3n) is 2.14. The smallest absolute Gasteiger partial charge is 0.262 e. The second-order valence-corrected chi connectivity index (χ2v) is 3.41. The maximum atomic E-state index is 13.3. The van der Waals surface area contributed by atoms with Crippen LogP contribution in [0.2, 0.25) is 0 Å². The minimum absolute atomic E-state index is 0.144. The van der Waals surface area contributed by atoms with E-state index in [0.717, 1.165) is 0 Å². The fourth-order valence-corrected chi connectivity index (χ4v) is 1.37. The van der Waals surface area contributed by atoms with Crippen LogP contribution in [0.15, 0.2) is 36.5 Å². The van der Waals surface area contributed by atoms with E-state index in [1.807, 2.05) is 13.8 Å². The highest BCUT2D eigenvalue weighted by molar-refractivity contribution is 6.04. The SMILES string of the molecule is CC.O=C(Nc1ccccn1)c1c(F)cc(F)cc1F. The molecule has 1 amide bonds. The van der Waals surface area contributed by atoms with E-state index in [1.165, 1.54) is 12.3 Å². The Bertz CT molecular complexity index is 565. The van der Waals surface area contributed by atoms with Gasteiger partial charge in [0.2, 0.25) is 0 Å². The van der Waals surface area contributed by atoms with Gasteiger partial charge in [-0.2, -0.15) is 0 Å². The van der Waals surface area contributed by atoms with Crippen LogP contribution in [0.25, 0.3) is 0 Å². The predicted octanol–water partition coefficient (Wildman–Crippen LogP) is 3.78. The zero-order valence-electron chi connectivity index (χ0n) is 11.0. The number of nitrogens with one attached hydrogen (secondary N) is 1. The zero-order valence-corrected chi connectivity index (χ0v) is 11.0. The number of halogens is 3. The summed E-state index contributed by atoms with van der Waals surface area (Å²) in [7, 11) is 0. The molecular formula is C14H13F3N2O. The molecule has 0 aliphatic heterocycles. The third-order valence-corrected chi connectivity index (χ3v) is 2.14. The summed E-state index contributed by atoms with van der Waals surface area (Å²) in [6.45, 7) is 4.00. The molecule has 1 N–H and O–H groups in total. The first-order valence-corrected chi connectivity index (χ1v) is 5.95. The molecule has 0 atom stereocenters. The minimum atomic E-state index is -1.26. The maximum absolute atomic E-state index is 13.3. The molecule has 106 valence electrons. The van der Waals surface area contributed by atoms with E-state index in [-0.39, 0.29) is 5.82 Å². The number of hydrogen-bond donors (Lipinski definition) is 1. The third kappa shape index (κ3) is 3.81. The average Bonchev–Trinajstić information content (AvgIpc) is 2.41. The summed E-state index contributed by atoms with van der Waals surface area (Å²) in [6.07, 6.45) is 1.41. The van der Waals surface area contributed by atoms with Gasteiger partial charge in [-0.25, -0.2) is 18.2 Å². The molecule has 6 heteroatoms. The lowest BCUT2D eigenvalue weighted by atomic mass is 10.2. The van der Waals surface area contributed by atoms with Gasteiger partial charge >= 0.3 is 0 Å². The molecule has 0 aliphatic rings. The molecular weight excluding hydrogens is 269 g/mol. The summed E-state index contributed by atoms with van der Waals surface area (Å²) < 4.78 is 39.3. The number of nitrogens with zero attached hydrogens (tertiary/aromatic N) is 1. The lowest BCUT2D eigenvalue weighted by Crippen LogP contribution is -2.16. The maximum Gasteiger partial charge on any atom is 0.262 e. The first kappa shape index (κ1) is 15.7. The van der Waals surface area contributed by atoms with E-state index in [1.54, 1.807) is 12.1 Å². The predicted molar refractivity (Wildman–Crippen MR) is 69.9 cm³/mol. The Hall–Kier alpha value is -2.37. The number of rotatable bonds is 2. The number of benzene rings is 1. The number of carbonyl (C=O) groups excluding carboxylic acids is 1. The van der Waals surface area contributed by atoms with E-state index in [9.17, 15) is 18.0 Å². The average molecular weight is 282 g/mol. The topological polar surface area (TPSA) is 42.0 Å². The van der Waals surface area contributed by atoms with Crippen LogP contribution in [0, 0.1) is 17.5 Å². The molecule has 0 saturated carbocycles. The fourth-order valence-electron chi connectivity index (χ4n) is 1.37. The van der Waals surface area contributed by atoms with Crippen molar-refractivity contribution < 1.29 is 18.0 Å². The molecule has 0 fully saturated rings. The summed E-state index contributed by atoms with van der Waals surface area (Å²) in [4.78, 5) is 15.4. The van der Waals surface area contributed by atoms with Gasteiger partial charge in [0.25, 0.3) is 5.91 Å². The Morgan fingerprint density at radius 2 is 1.70 bits per heavy atom. The molecule has 0 bridgehead atoms.